The van der Waals surface area contributed by atoms with Crippen LogP contribution in [-0.2, 0) is 4.79 Å². The van der Waals surface area contributed by atoms with Crippen molar-refractivity contribution in [2.45, 2.75) is 13.8 Å². The van der Waals surface area contributed by atoms with Gasteiger partial charge in [-0.3, -0.25) is 9.59 Å². The average molecular weight is 241 g/mol. The summed E-state index contributed by atoms with van der Waals surface area (Å²) in [5.41, 5.74) is 0. The van der Waals surface area contributed by atoms with Gasteiger partial charge in [-0.15, -0.1) is 11.3 Å². The maximum Gasteiger partial charge on any atom is 0.261 e. The minimum atomic E-state index is -0.234. The zero-order chi connectivity index (χ0) is 12.1. The predicted molar refractivity (Wildman–Crippen MR) is 63.0 cm³/mol. The second kappa shape index (κ2) is 5.65. The molecule has 1 heterocycles. The summed E-state index contributed by atoms with van der Waals surface area (Å²) >= 11 is 1.29. The Kier molecular flexibility index (Phi) is 4.49. The van der Waals surface area contributed by atoms with Crippen LogP contribution in [-0.4, -0.2) is 25.3 Å². The summed E-state index contributed by atoms with van der Waals surface area (Å²) in [7, 11) is 1.55. The second-order valence-electron chi connectivity index (χ2n) is 3.65. The molecule has 0 aliphatic heterocycles. The van der Waals surface area contributed by atoms with E-state index in [2.05, 4.69) is 5.32 Å². The van der Waals surface area contributed by atoms with E-state index in [1.807, 2.05) is 13.8 Å². The number of hydrogen-bond donors (Lipinski definition) is 1. The number of carbonyl (C=O) groups is 2. The summed E-state index contributed by atoms with van der Waals surface area (Å²) in [6, 6.07) is 1.65. The quantitative estimate of drug-likeness (QED) is 0.853. The van der Waals surface area contributed by atoms with E-state index in [9.17, 15) is 9.59 Å². The first-order chi connectivity index (χ1) is 7.54. The molecule has 0 radical (unpaired) electrons. The zero-order valence-corrected chi connectivity index (χ0v) is 10.4. The van der Waals surface area contributed by atoms with Crippen LogP contribution in [0, 0.1) is 5.92 Å². The molecule has 0 aliphatic rings. The largest absolute Gasteiger partial charge is 0.496 e. The molecule has 5 heteroatoms. The van der Waals surface area contributed by atoms with E-state index >= 15 is 0 Å². The predicted octanol–water partition coefficient (Wildman–Crippen LogP) is 1.71. The normalized spacial score (nSPS) is 10.2. The summed E-state index contributed by atoms with van der Waals surface area (Å²) in [4.78, 5) is 23.4. The Hall–Kier alpha value is -1.36. The molecule has 0 fully saturated rings. The molecular formula is C11H15NO3S. The van der Waals surface area contributed by atoms with Crippen molar-refractivity contribution in [3.8, 4) is 5.75 Å². The van der Waals surface area contributed by atoms with E-state index in [0.29, 0.717) is 10.6 Å². The van der Waals surface area contributed by atoms with E-state index in [1.165, 1.54) is 11.3 Å². The Balaban J connectivity index is 2.49. The van der Waals surface area contributed by atoms with Gasteiger partial charge in [0.05, 0.1) is 18.5 Å². The lowest BCUT2D eigenvalue weighted by Crippen LogP contribution is -2.31. The number of ketones is 1. The third-order valence-electron chi connectivity index (χ3n) is 2.10. The van der Waals surface area contributed by atoms with Gasteiger partial charge in [-0.1, -0.05) is 13.8 Å². The van der Waals surface area contributed by atoms with Crippen LogP contribution < -0.4 is 10.1 Å². The van der Waals surface area contributed by atoms with Crippen molar-refractivity contribution in [1.29, 1.82) is 0 Å². The van der Waals surface area contributed by atoms with Gasteiger partial charge in [0.25, 0.3) is 5.91 Å². The van der Waals surface area contributed by atoms with Gasteiger partial charge in [-0.2, -0.15) is 0 Å². The topological polar surface area (TPSA) is 55.4 Å². The van der Waals surface area contributed by atoms with Crippen LogP contribution >= 0.6 is 11.3 Å². The van der Waals surface area contributed by atoms with E-state index in [4.69, 9.17) is 4.74 Å². The summed E-state index contributed by atoms with van der Waals surface area (Å²) in [5.74, 6) is 0.391. The lowest BCUT2D eigenvalue weighted by Gasteiger charge is -2.04. The van der Waals surface area contributed by atoms with Gasteiger partial charge in [-0.25, -0.2) is 0 Å². The number of ether oxygens (including phenoxy) is 1. The highest BCUT2D eigenvalue weighted by Gasteiger charge is 2.12. The van der Waals surface area contributed by atoms with Crippen LogP contribution in [0.4, 0.5) is 0 Å². The zero-order valence-electron chi connectivity index (χ0n) is 9.57. The summed E-state index contributed by atoms with van der Waals surface area (Å²) in [5, 5.41) is 4.33. The van der Waals surface area contributed by atoms with Gasteiger partial charge in [0, 0.05) is 17.4 Å². The first kappa shape index (κ1) is 12.7. The molecule has 0 saturated carbocycles. The van der Waals surface area contributed by atoms with Crippen LogP contribution in [0.25, 0.3) is 0 Å². The first-order valence-electron chi connectivity index (χ1n) is 4.98. The molecule has 0 aromatic carbocycles. The number of Topliss-reactive ketones (excluding diaryl/α,β-unsaturated/α-hetero) is 1. The van der Waals surface area contributed by atoms with Crippen molar-refractivity contribution in [3.05, 3.63) is 16.3 Å². The minimum Gasteiger partial charge on any atom is -0.496 e. The molecule has 88 valence electrons. The molecule has 0 bridgehead atoms. The van der Waals surface area contributed by atoms with Crippen molar-refractivity contribution >= 4 is 23.0 Å². The Morgan fingerprint density at radius 3 is 2.69 bits per heavy atom. The standard InChI is InChI=1S/C11H15NO3S/c1-7(2)9(13)5-12-11(14)10-4-8(15-3)6-16-10/h4,6-7H,5H2,1-3H3,(H,12,14). The molecule has 1 aromatic heterocycles. The number of nitrogens with one attached hydrogen (secondary N) is 1. The molecule has 16 heavy (non-hydrogen) atoms. The van der Waals surface area contributed by atoms with Gasteiger partial charge >= 0.3 is 0 Å². The smallest absolute Gasteiger partial charge is 0.261 e. The number of hydrogen-bond acceptors (Lipinski definition) is 4. The maximum absolute atomic E-state index is 11.6. The average Bonchev–Trinajstić information content (AvgIpc) is 2.73. The van der Waals surface area contributed by atoms with Crippen LogP contribution in [0.1, 0.15) is 23.5 Å². The van der Waals surface area contributed by atoms with Crippen molar-refractivity contribution < 1.29 is 14.3 Å². The highest BCUT2D eigenvalue weighted by molar-refractivity contribution is 7.12. The van der Waals surface area contributed by atoms with E-state index in [0.717, 1.165) is 0 Å². The Labute approximate surface area is 98.6 Å². The molecule has 1 N–H and O–H groups in total. The fourth-order valence-corrected chi connectivity index (χ4v) is 1.77. The number of methoxy groups -OCH3 is 1. The Bertz CT molecular complexity index is 384. The summed E-state index contributed by atoms with van der Waals surface area (Å²) in [6.07, 6.45) is 0. The molecule has 0 atom stereocenters. The van der Waals surface area contributed by atoms with Gasteiger partial charge in [0.15, 0.2) is 5.78 Å². The van der Waals surface area contributed by atoms with E-state index in [-0.39, 0.29) is 24.2 Å². The van der Waals surface area contributed by atoms with E-state index in [1.54, 1.807) is 18.6 Å². The van der Waals surface area contributed by atoms with Crippen LogP contribution in [0.5, 0.6) is 5.75 Å². The monoisotopic (exact) mass is 241 g/mol. The molecular weight excluding hydrogens is 226 g/mol. The van der Waals surface area contributed by atoms with Crippen molar-refractivity contribution in [2.24, 2.45) is 5.92 Å². The maximum atomic E-state index is 11.6. The summed E-state index contributed by atoms with van der Waals surface area (Å²) in [6.45, 7) is 3.70. The SMILES string of the molecule is COc1csc(C(=O)NCC(=O)C(C)C)c1. The van der Waals surface area contributed by atoms with Crippen molar-refractivity contribution in [2.75, 3.05) is 13.7 Å². The van der Waals surface area contributed by atoms with Crippen molar-refractivity contribution in [3.63, 3.8) is 0 Å². The Morgan fingerprint density at radius 2 is 2.19 bits per heavy atom. The fourth-order valence-electron chi connectivity index (χ4n) is 1.00. The molecule has 0 aliphatic carbocycles. The third kappa shape index (κ3) is 3.34. The van der Waals surface area contributed by atoms with Crippen LogP contribution in [0.3, 0.4) is 0 Å². The van der Waals surface area contributed by atoms with E-state index < -0.39 is 0 Å². The molecule has 0 unspecified atom stereocenters. The third-order valence-corrected chi connectivity index (χ3v) is 3.01. The Morgan fingerprint density at radius 1 is 1.50 bits per heavy atom. The van der Waals surface area contributed by atoms with Gasteiger partial charge in [-0.05, 0) is 0 Å². The molecule has 1 rings (SSSR count). The fraction of sp³-hybridized carbons (Fsp3) is 0.455. The molecule has 0 spiro atoms. The lowest BCUT2D eigenvalue weighted by molar-refractivity contribution is -0.120. The number of carbonyl (C=O) groups excluding carboxylic acids is 2. The van der Waals surface area contributed by atoms with Crippen molar-refractivity contribution in [1.82, 2.24) is 5.32 Å². The first-order valence-corrected chi connectivity index (χ1v) is 5.86. The minimum absolute atomic E-state index is 0.0249. The molecule has 4 nitrogen and oxygen atoms in total. The van der Waals surface area contributed by atoms with Crippen LogP contribution in [0.15, 0.2) is 11.4 Å². The highest BCUT2D eigenvalue weighted by atomic mass is 32.1. The molecule has 1 amide bonds. The van der Waals surface area contributed by atoms with Crippen LogP contribution in [0.2, 0.25) is 0 Å². The number of amides is 1. The highest BCUT2D eigenvalue weighted by Crippen LogP contribution is 2.20. The molecule has 0 saturated heterocycles. The second-order valence-corrected chi connectivity index (χ2v) is 4.57. The van der Waals surface area contributed by atoms with Gasteiger partial charge < -0.3 is 10.1 Å². The number of thiophene rings is 1. The van der Waals surface area contributed by atoms with Gasteiger partial charge in [0.2, 0.25) is 0 Å². The summed E-state index contributed by atoms with van der Waals surface area (Å²) < 4.78 is 4.97. The lowest BCUT2D eigenvalue weighted by atomic mass is 10.1. The number of rotatable bonds is 5. The molecule has 1 aromatic rings. The van der Waals surface area contributed by atoms with Gasteiger partial charge in [0.1, 0.15) is 5.75 Å².